The Morgan fingerprint density at radius 3 is 2.80 bits per heavy atom. The smallest absolute Gasteiger partial charge is 0.222 e. The van der Waals surface area contributed by atoms with Crippen LogP contribution in [0.2, 0.25) is 0 Å². The van der Waals surface area contributed by atoms with Gasteiger partial charge in [-0.3, -0.25) is 9.80 Å². The minimum Gasteiger partial charge on any atom is -0.481 e. The van der Waals surface area contributed by atoms with Gasteiger partial charge >= 0.3 is 0 Å². The van der Waals surface area contributed by atoms with Gasteiger partial charge in [0.25, 0.3) is 0 Å². The second-order valence-corrected chi connectivity index (χ2v) is 7.26. The molecule has 3 fully saturated rings. The number of piperidine rings is 3. The summed E-state index contributed by atoms with van der Waals surface area (Å²) in [6.07, 6.45) is 7.85. The SMILES string of the molecule is COC1=NC=CN2NCC3=C2C1=CC(=O)[C@H]3C1CN2CCC1CC2.Cl. The monoisotopic (exact) mass is 362 g/mol. The van der Waals surface area contributed by atoms with Crippen molar-refractivity contribution in [1.29, 1.82) is 0 Å². The molecule has 6 rings (SSSR count). The third-order valence-electron chi connectivity index (χ3n) is 6.17. The predicted molar refractivity (Wildman–Crippen MR) is 96.9 cm³/mol. The van der Waals surface area contributed by atoms with Crippen LogP contribution in [0, 0.1) is 17.8 Å². The first kappa shape index (κ1) is 16.8. The van der Waals surface area contributed by atoms with Gasteiger partial charge in [-0.25, -0.2) is 10.4 Å². The molecule has 0 aromatic carbocycles. The highest BCUT2D eigenvalue weighted by Crippen LogP contribution is 2.45. The Hall–Kier alpha value is -1.63. The summed E-state index contributed by atoms with van der Waals surface area (Å²) in [7, 11) is 1.61. The molecule has 25 heavy (non-hydrogen) atoms. The molecule has 134 valence electrons. The Morgan fingerprint density at radius 1 is 1.32 bits per heavy atom. The van der Waals surface area contributed by atoms with Crippen molar-refractivity contribution in [3.8, 4) is 0 Å². The lowest BCUT2D eigenvalue weighted by Crippen LogP contribution is -2.51. The van der Waals surface area contributed by atoms with Crippen LogP contribution in [0.25, 0.3) is 0 Å². The second-order valence-electron chi connectivity index (χ2n) is 7.26. The molecule has 0 aromatic heterocycles. The van der Waals surface area contributed by atoms with Crippen molar-refractivity contribution in [2.45, 2.75) is 12.8 Å². The van der Waals surface area contributed by atoms with Crippen molar-refractivity contribution in [2.24, 2.45) is 22.7 Å². The van der Waals surface area contributed by atoms with E-state index in [1.54, 1.807) is 19.4 Å². The van der Waals surface area contributed by atoms with E-state index in [1.165, 1.54) is 31.5 Å². The van der Waals surface area contributed by atoms with Crippen molar-refractivity contribution in [3.05, 3.63) is 35.3 Å². The van der Waals surface area contributed by atoms with Crippen LogP contribution in [0.5, 0.6) is 0 Å². The van der Waals surface area contributed by atoms with Crippen LogP contribution in [0.15, 0.2) is 40.3 Å². The number of carbonyl (C=O) groups is 1. The third-order valence-corrected chi connectivity index (χ3v) is 6.17. The number of rotatable bonds is 1. The largest absolute Gasteiger partial charge is 0.481 e. The number of hydrogen-bond acceptors (Lipinski definition) is 6. The van der Waals surface area contributed by atoms with E-state index in [0.29, 0.717) is 17.7 Å². The highest BCUT2D eigenvalue weighted by atomic mass is 35.5. The van der Waals surface area contributed by atoms with E-state index in [0.717, 1.165) is 24.4 Å². The van der Waals surface area contributed by atoms with Gasteiger partial charge in [-0.05, 0) is 49.4 Å². The first-order chi connectivity index (χ1) is 11.8. The minimum absolute atomic E-state index is 0. The Kier molecular flexibility index (Phi) is 4.22. The van der Waals surface area contributed by atoms with Crippen LogP contribution in [-0.4, -0.2) is 54.9 Å². The van der Waals surface area contributed by atoms with E-state index >= 15 is 0 Å². The zero-order valence-electron chi connectivity index (χ0n) is 14.3. The first-order valence-corrected chi connectivity index (χ1v) is 8.79. The second kappa shape index (κ2) is 6.27. The number of hydrogen-bond donors (Lipinski definition) is 1. The highest BCUT2D eigenvalue weighted by molar-refractivity contribution is 6.09. The topological polar surface area (TPSA) is 57.2 Å². The summed E-state index contributed by atoms with van der Waals surface area (Å²) in [6.45, 7) is 4.18. The number of methoxy groups -OCH3 is 1. The highest BCUT2D eigenvalue weighted by Gasteiger charge is 2.47. The maximum atomic E-state index is 13.1. The van der Waals surface area contributed by atoms with Crippen LogP contribution in [0.3, 0.4) is 0 Å². The molecule has 0 aromatic rings. The normalized spacial score (nSPS) is 35.7. The summed E-state index contributed by atoms with van der Waals surface area (Å²) in [5.41, 5.74) is 6.49. The van der Waals surface area contributed by atoms with Crippen molar-refractivity contribution in [3.63, 3.8) is 0 Å². The van der Waals surface area contributed by atoms with Crippen LogP contribution in [0.4, 0.5) is 0 Å². The number of aliphatic imine (C=N–C) groups is 1. The number of nitrogens with one attached hydrogen (secondary N) is 1. The van der Waals surface area contributed by atoms with Crippen molar-refractivity contribution in [1.82, 2.24) is 15.3 Å². The standard InChI is InChI=1S/C18H22N4O2.ClH/c1-24-18-12-8-15(23)16(14-10-21-5-2-11(14)3-6-21)13-9-20-22(17(12)13)7-4-19-18;/h4,7-8,11,14,16,20H,2-3,5-6,9-10H2,1H3;1H/t14?,16-;/m1./s1. The van der Waals surface area contributed by atoms with Gasteiger partial charge < -0.3 is 9.64 Å². The number of allylic oxidation sites excluding steroid dienone is 1. The molecule has 6 nitrogen and oxygen atoms in total. The summed E-state index contributed by atoms with van der Waals surface area (Å²) in [5.74, 6) is 1.86. The fourth-order valence-corrected chi connectivity index (χ4v) is 5.07. The minimum atomic E-state index is -0.000967. The van der Waals surface area contributed by atoms with Gasteiger partial charge in [0.2, 0.25) is 5.90 Å². The van der Waals surface area contributed by atoms with Gasteiger partial charge in [-0.15, -0.1) is 12.4 Å². The molecule has 3 saturated heterocycles. The molecule has 7 heteroatoms. The molecule has 2 bridgehead atoms. The molecule has 2 atom stereocenters. The Balaban J connectivity index is 0.00000157. The summed E-state index contributed by atoms with van der Waals surface area (Å²) < 4.78 is 5.42. The molecule has 0 amide bonds. The number of hydrazine groups is 1. The molecule has 6 aliphatic rings. The number of ether oxygens (including phenoxy) is 1. The van der Waals surface area contributed by atoms with Crippen LogP contribution >= 0.6 is 12.4 Å². The third kappa shape index (κ3) is 2.46. The summed E-state index contributed by atoms with van der Waals surface area (Å²) in [6, 6.07) is 0. The molecule has 5 aliphatic heterocycles. The Bertz CT molecular complexity index is 719. The van der Waals surface area contributed by atoms with Crippen molar-refractivity contribution in [2.75, 3.05) is 33.3 Å². The number of carbonyl (C=O) groups excluding carboxylic acids is 1. The lowest BCUT2D eigenvalue weighted by molar-refractivity contribution is -0.121. The summed E-state index contributed by atoms with van der Waals surface area (Å²) in [5, 5.41) is 2.00. The van der Waals surface area contributed by atoms with E-state index in [2.05, 4.69) is 15.3 Å². The van der Waals surface area contributed by atoms with E-state index < -0.39 is 0 Å². The molecule has 1 aliphatic carbocycles. The fourth-order valence-electron chi connectivity index (χ4n) is 5.07. The van der Waals surface area contributed by atoms with Crippen molar-refractivity contribution >= 4 is 24.1 Å². The van der Waals surface area contributed by atoms with Crippen LogP contribution < -0.4 is 5.43 Å². The molecular weight excluding hydrogens is 340 g/mol. The zero-order valence-corrected chi connectivity index (χ0v) is 15.1. The van der Waals surface area contributed by atoms with Gasteiger partial charge in [-0.1, -0.05) is 0 Å². The quantitative estimate of drug-likeness (QED) is 0.765. The molecule has 0 radical (unpaired) electrons. The number of halogens is 1. The molecular formula is C18H23ClN4O2. The van der Waals surface area contributed by atoms with E-state index in [-0.39, 0.29) is 24.1 Å². The van der Waals surface area contributed by atoms with Gasteiger partial charge in [0.05, 0.1) is 24.3 Å². The summed E-state index contributed by atoms with van der Waals surface area (Å²) in [4.78, 5) is 19.9. The maximum absolute atomic E-state index is 13.1. The molecule has 5 heterocycles. The fraction of sp³-hybridized carbons (Fsp3) is 0.556. The maximum Gasteiger partial charge on any atom is 0.222 e. The number of nitrogens with zero attached hydrogens (tertiary/aromatic N) is 3. The van der Waals surface area contributed by atoms with E-state index in [1.807, 2.05) is 11.2 Å². The van der Waals surface area contributed by atoms with Crippen LogP contribution in [0.1, 0.15) is 12.8 Å². The van der Waals surface area contributed by atoms with Crippen LogP contribution in [-0.2, 0) is 9.53 Å². The van der Waals surface area contributed by atoms with Crippen molar-refractivity contribution < 1.29 is 9.53 Å². The number of ketones is 1. The van der Waals surface area contributed by atoms with Gasteiger partial charge in [0.15, 0.2) is 5.78 Å². The summed E-state index contributed by atoms with van der Waals surface area (Å²) >= 11 is 0. The molecule has 0 spiro atoms. The molecule has 0 saturated carbocycles. The lowest BCUT2D eigenvalue weighted by atomic mass is 9.67. The predicted octanol–water partition coefficient (Wildman–Crippen LogP) is 1.48. The van der Waals surface area contributed by atoms with Gasteiger partial charge in [-0.2, -0.15) is 0 Å². The van der Waals surface area contributed by atoms with Gasteiger partial charge in [0.1, 0.15) is 0 Å². The van der Waals surface area contributed by atoms with E-state index in [9.17, 15) is 4.79 Å². The number of fused-ring (bicyclic) bond motifs is 3. The molecule has 1 unspecified atom stereocenters. The average Bonchev–Trinajstić information content (AvgIpc) is 2.94. The Morgan fingerprint density at radius 2 is 2.12 bits per heavy atom. The molecule has 1 N–H and O–H groups in total. The van der Waals surface area contributed by atoms with E-state index in [4.69, 9.17) is 4.74 Å². The Labute approximate surface area is 153 Å². The lowest BCUT2D eigenvalue weighted by Gasteiger charge is -2.48. The first-order valence-electron chi connectivity index (χ1n) is 8.79. The van der Waals surface area contributed by atoms with Gasteiger partial charge in [0, 0.05) is 25.5 Å². The zero-order chi connectivity index (χ0) is 16.3. The average molecular weight is 363 g/mol.